The highest BCUT2D eigenvalue weighted by Crippen LogP contribution is 2.41. The Morgan fingerprint density at radius 1 is 1.62 bits per heavy atom. The molecule has 0 unspecified atom stereocenters. The maximum atomic E-state index is 5.22. The van der Waals surface area contributed by atoms with Gasteiger partial charge in [0.15, 0.2) is 4.77 Å². The van der Waals surface area contributed by atoms with Gasteiger partial charge in [-0.25, -0.2) is 0 Å². The zero-order valence-electron chi connectivity index (χ0n) is 8.26. The number of rotatable bonds is 2. The molecule has 0 radical (unpaired) electrons. The van der Waals surface area contributed by atoms with Gasteiger partial charge in [-0.3, -0.25) is 0 Å². The highest BCUT2D eigenvalue weighted by Gasteiger charge is 2.32. The fourth-order valence-corrected chi connectivity index (χ4v) is 2.27. The van der Waals surface area contributed by atoms with Gasteiger partial charge in [-0.2, -0.15) is 0 Å². The highest BCUT2D eigenvalue weighted by molar-refractivity contribution is 7.71. The van der Waals surface area contributed by atoms with E-state index in [4.69, 9.17) is 12.2 Å². The molecule has 1 aromatic rings. The normalized spacial score (nSPS) is 19.8. The summed E-state index contributed by atoms with van der Waals surface area (Å²) in [5.74, 6) is 0. The van der Waals surface area contributed by atoms with Crippen LogP contribution in [0.25, 0.3) is 0 Å². The van der Waals surface area contributed by atoms with Crippen LogP contribution in [0, 0.1) is 17.1 Å². The second-order valence-corrected chi connectivity index (χ2v) is 4.87. The van der Waals surface area contributed by atoms with E-state index in [9.17, 15) is 0 Å². The van der Waals surface area contributed by atoms with Gasteiger partial charge in [0.25, 0.3) is 0 Å². The molecular weight excluding hydrogens is 180 g/mol. The largest absolute Gasteiger partial charge is 0.337 e. The molecule has 0 aliphatic heterocycles. The second kappa shape index (κ2) is 2.98. The Hall–Kier alpha value is -0.570. The summed E-state index contributed by atoms with van der Waals surface area (Å²) in [5.41, 5.74) is 1.75. The smallest absolute Gasteiger partial charge is 0.177 e. The molecule has 0 spiro atoms. The van der Waals surface area contributed by atoms with Crippen molar-refractivity contribution in [2.24, 2.45) is 5.41 Å². The molecular formula is C10H16N2S. The molecule has 1 aromatic heterocycles. The third kappa shape index (κ3) is 1.57. The molecule has 1 aliphatic rings. The van der Waals surface area contributed by atoms with Crippen LogP contribution in [-0.2, 0) is 6.54 Å². The molecule has 72 valence electrons. The number of nitrogens with zero attached hydrogens (tertiary/aromatic N) is 1. The van der Waals surface area contributed by atoms with E-state index in [2.05, 4.69) is 23.4 Å². The number of H-pyrrole nitrogens is 1. The van der Waals surface area contributed by atoms with Crippen LogP contribution in [0.1, 0.15) is 31.9 Å². The number of imidazole rings is 1. The zero-order chi connectivity index (χ0) is 9.47. The lowest BCUT2D eigenvalue weighted by molar-refractivity contribution is 0.130. The molecule has 1 N–H and O–H groups in total. The van der Waals surface area contributed by atoms with Crippen LogP contribution in [0.4, 0.5) is 0 Å². The van der Waals surface area contributed by atoms with Crippen LogP contribution in [0.3, 0.4) is 0 Å². The topological polar surface area (TPSA) is 20.7 Å². The first kappa shape index (κ1) is 9.00. The lowest BCUT2D eigenvalue weighted by atomic mass is 9.70. The summed E-state index contributed by atoms with van der Waals surface area (Å²) in [6, 6.07) is 0. The summed E-state index contributed by atoms with van der Waals surface area (Å²) in [6.07, 6.45) is 6.07. The van der Waals surface area contributed by atoms with Crippen LogP contribution >= 0.6 is 12.2 Å². The van der Waals surface area contributed by atoms with Crippen molar-refractivity contribution in [2.75, 3.05) is 0 Å². The monoisotopic (exact) mass is 196 g/mol. The van der Waals surface area contributed by atoms with E-state index >= 15 is 0 Å². The molecule has 1 saturated carbocycles. The van der Waals surface area contributed by atoms with Gasteiger partial charge in [0.1, 0.15) is 0 Å². The number of aromatic nitrogens is 2. The lowest BCUT2D eigenvalue weighted by Gasteiger charge is -2.38. The summed E-state index contributed by atoms with van der Waals surface area (Å²) in [4.78, 5) is 3.09. The van der Waals surface area contributed by atoms with Gasteiger partial charge in [-0.1, -0.05) is 13.3 Å². The van der Waals surface area contributed by atoms with Crippen LogP contribution < -0.4 is 0 Å². The van der Waals surface area contributed by atoms with Gasteiger partial charge in [0.2, 0.25) is 0 Å². The summed E-state index contributed by atoms with van der Waals surface area (Å²) >= 11 is 5.22. The van der Waals surface area contributed by atoms with Crippen molar-refractivity contribution in [1.29, 1.82) is 0 Å². The number of hydrogen-bond donors (Lipinski definition) is 1. The summed E-state index contributed by atoms with van der Waals surface area (Å²) in [5, 5.41) is 0. The number of aryl methyl sites for hydroxylation is 1. The van der Waals surface area contributed by atoms with E-state index in [1.807, 2.05) is 6.20 Å². The third-order valence-corrected chi connectivity index (χ3v) is 3.51. The highest BCUT2D eigenvalue weighted by atomic mass is 32.1. The average molecular weight is 196 g/mol. The first-order chi connectivity index (χ1) is 6.11. The summed E-state index contributed by atoms with van der Waals surface area (Å²) in [6.45, 7) is 5.54. The van der Waals surface area contributed by atoms with E-state index in [0.717, 1.165) is 11.3 Å². The predicted molar refractivity (Wildman–Crippen MR) is 56.3 cm³/mol. The first-order valence-electron chi connectivity index (χ1n) is 4.86. The molecule has 0 amide bonds. The van der Waals surface area contributed by atoms with E-state index in [-0.39, 0.29) is 0 Å². The number of aromatic amines is 1. The van der Waals surface area contributed by atoms with Gasteiger partial charge < -0.3 is 9.55 Å². The SMILES string of the molecule is Cc1c[nH]c(=S)n1CC1(C)CCC1. The molecule has 0 atom stereocenters. The molecule has 0 saturated heterocycles. The fraction of sp³-hybridized carbons (Fsp3) is 0.700. The van der Waals surface area contributed by atoms with Crippen LogP contribution in [-0.4, -0.2) is 9.55 Å². The Kier molecular flexibility index (Phi) is 2.06. The zero-order valence-corrected chi connectivity index (χ0v) is 9.08. The van der Waals surface area contributed by atoms with Gasteiger partial charge in [0, 0.05) is 18.4 Å². The van der Waals surface area contributed by atoms with E-state index in [0.29, 0.717) is 5.41 Å². The van der Waals surface area contributed by atoms with Crippen LogP contribution in [0.5, 0.6) is 0 Å². The quantitative estimate of drug-likeness (QED) is 0.721. The Labute approximate surface area is 84.0 Å². The molecule has 0 bridgehead atoms. The minimum Gasteiger partial charge on any atom is -0.337 e. The molecule has 13 heavy (non-hydrogen) atoms. The lowest BCUT2D eigenvalue weighted by Crippen LogP contribution is -2.31. The Bertz CT molecular complexity index is 357. The van der Waals surface area contributed by atoms with Crippen LogP contribution in [0.15, 0.2) is 6.20 Å². The van der Waals surface area contributed by atoms with Crippen LogP contribution in [0.2, 0.25) is 0 Å². The summed E-state index contributed by atoms with van der Waals surface area (Å²) < 4.78 is 3.08. The minimum atomic E-state index is 0.505. The average Bonchev–Trinajstić information content (AvgIpc) is 2.33. The van der Waals surface area contributed by atoms with Crippen molar-refractivity contribution in [3.05, 3.63) is 16.7 Å². The number of nitrogens with one attached hydrogen (secondary N) is 1. The molecule has 2 nitrogen and oxygen atoms in total. The molecule has 1 aliphatic carbocycles. The van der Waals surface area contributed by atoms with Crippen molar-refractivity contribution in [1.82, 2.24) is 9.55 Å². The van der Waals surface area contributed by atoms with E-state index in [1.165, 1.54) is 25.0 Å². The third-order valence-electron chi connectivity index (χ3n) is 3.18. The molecule has 0 aromatic carbocycles. The van der Waals surface area contributed by atoms with Crippen molar-refractivity contribution in [3.63, 3.8) is 0 Å². The molecule has 3 heteroatoms. The minimum absolute atomic E-state index is 0.505. The van der Waals surface area contributed by atoms with Gasteiger partial charge in [-0.05, 0) is 37.4 Å². The first-order valence-corrected chi connectivity index (χ1v) is 5.26. The molecule has 2 rings (SSSR count). The van der Waals surface area contributed by atoms with Gasteiger partial charge in [-0.15, -0.1) is 0 Å². The van der Waals surface area contributed by atoms with E-state index < -0.39 is 0 Å². The van der Waals surface area contributed by atoms with Gasteiger partial charge in [0.05, 0.1) is 0 Å². The number of hydrogen-bond acceptors (Lipinski definition) is 1. The van der Waals surface area contributed by atoms with Crippen molar-refractivity contribution >= 4 is 12.2 Å². The standard InChI is InChI=1S/C10H16N2S/c1-8-6-11-9(13)12(8)7-10(2)4-3-5-10/h6H,3-5,7H2,1-2H3,(H,11,13). The van der Waals surface area contributed by atoms with Crippen molar-refractivity contribution in [2.45, 2.75) is 39.7 Å². The Balaban J connectivity index is 2.22. The van der Waals surface area contributed by atoms with Crippen molar-refractivity contribution < 1.29 is 0 Å². The predicted octanol–water partition coefficient (Wildman–Crippen LogP) is 3.04. The Morgan fingerprint density at radius 2 is 2.31 bits per heavy atom. The molecule has 1 heterocycles. The summed E-state index contributed by atoms with van der Waals surface area (Å²) in [7, 11) is 0. The Morgan fingerprint density at radius 3 is 2.69 bits per heavy atom. The second-order valence-electron chi connectivity index (χ2n) is 4.49. The molecule has 1 fully saturated rings. The maximum Gasteiger partial charge on any atom is 0.177 e. The van der Waals surface area contributed by atoms with Gasteiger partial charge >= 0.3 is 0 Å². The fourth-order valence-electron chi connectivity index (χ4n) is 2.00. The van der Waals surface area contributed by atoms with Crippen molar-refractivity contribution in [3.8, 4) is 0 Å². The van der Waals surface area contributed by atoms with E-state index in [1.54, 1.807) is 0 Å². The maximum absolute atomic E-state index is 5.22.